The molecular weight excluding hydrogens is 400 g/mol. The van der Waals surface area contributed by atoms with Crippen LogP contribution in [0.2, 0.25) is 0 Å². The first-order valence-corrected chi connectivity index (χ1v) is 10.7. The second kappa shape index (κ2) is 7.32. The van der Waals surface area contributed by atoms with Crippen LogP contribution in [0.15, 0.2) is 42.5 Å². The number of nitrogens with one attached hydrogen (secondary N) is 1. The number of benzene rings is 2. The van der Waals surface area contributed by atoms with Crippen LogP contribution in [0.25, 0.3) is 10.9 Å². The molecule has 0 radical (unpaired) electrons. The van der Waals surface area contributed by atoms with E-state index in [2.05, 4.69) is 10.3 Å². The van der Waals surface area contributed by atoms with Crippen LogP contribution in [0.1, 0.15) is 29.2 Å². The number of aryl methyl sites for hydroxylation is 2. The molecule has 2 aliphatic rings. The number of hydrogen-bond donors (Lipinski definition) is 1. The first-order valence-electron chi connectivity index (χ1n) is 9.79. The molecule has 2 aromatic carbocycles. The highest BCUT2D eigenvalue weighted by Crippen LogP contribution is 2.43. The first-order chi connectivity index (χ1) is 14.5. The third-order valence-electron chi connectivity index (χ3n) is 5.66. The van der Waals surface area contributed by atoms with Gasteiger partial charge in [-0.05, 0) is 61.2 Å². The predicted molar refractivity (Wildman–Crippen MR) is 116 cm³/mol. The number of pyridine rings is 1. The van der Waals surface area contributed by atoms with Crippen LogP contribution >= 0.6 is 11.8 Å². The number of methoxy groups -OCH3 is 1. The number of aromatic nitrogens is 1. The van der Waals surface area contributed by atoms with Crippen LogP contribution in [0.5, 0.6) is 17.2 Å². The molecule has 6 nitrogen and oxygen atoms in total. The molecule has 1 aliphatic carbocycles. The molecule has 152 valence electrons. The molecule has 1 saturated heterocycles. The highest BCUT2D eigenvalue weighted by atomic mass is 32.2. The van der Waals surface area contributed by atoms with Gasteiger partial charge in [0.1, 0.15) is 22.5 Å². The average molecular weight is 420 g/mol. The highest BCUT2D eigenvalue weighted by Gasteiger charge is 2.41. The molecular formula is C23H20N2O4S. The van der Waals surface area contributed by atoms with Gasteiger partial charge in [-0.2, -0.15) is 0 Å². The number of fused-ring (bicyclic) bond motifs is 2. The second-order valence-electron chi connectivity index (χ2n) is 7.57. The maximum Gasteiger partial charge on any atom is 0.286 e. The van der Waals surface area contributed by atoms with Crippen LogP contribution in [-0.4, -0.2) is 28.5 Å². The Hall–Kier alpha value is -3.06. The lowest BCUT2D eigenvalue weighted by molar-refractivity contribution is -0.119. The standard InChI is InChI=1S/C23H20N2O4S/c1-12-9-20(18-11-14(28-2)5-8-19(18)24-12)29-15-4-7-16-13(10-15)3-6-17(16)21-22(26)25-23(27)30-21/h4-5,7-11,17,21H,3,6H2,1-2H3,(H,25,26,27)/t17-,21?/m1/s1. The van der Waals surface area contributed by atoms with Gasteiger partial charge < -0.3 is 9.47 Å². The molecule has 0 saturated carbocycles. The van der Waals surface area contributed by atoms with Gasteiger partial charge in [0.15, 0.2) is 0 Å². The summed E-state index contributed by atoms with van der Waals surface area (Å²) in [4.78, 5) is 28.2. The fourth-order valence-electron chi connectivity index (χ4n) is 4.28. The minimum atomic E-state index is -0.343. The van der Waals surface area contributed by atoms with Crippen molar-refractivity contribution in [3.8, 4) is 17.2 Å². The van der Waals surface area contributed by atoms with Crippen molar-refractivity contribution < 1.29 is 19.1 Å². The molecule has 2 atom stereocenters. The maximum absolute atomic E-state index is 12.1. The summed E-state index contributed by atoms with van der Waals surface area (Å²) in [6.07, 6.45) is 1.71. The van der Waals surface area contributed by atoms with Gasteiger partial charge in [0, 0.05) is 23.1 Å². The number of thioether (sulfide) groups is 1. The van der Waals surface area contributed by atoms with Gasteiger partial charge in [-0.25, -0.2) is 0 Å². The van der Waals surface area contributed by atoms with Crippen LogP contribution < -0.4 is 14.8 Å². The number of nitrogens with zero attached hydrogens (tertiary/aromatic N) is 1. The zero-order chi connectivity index (χ0) is 20.8. The molecule has 7 heteroatoms. The van der Waals surface area contributed by atoms with E-state index < -0.39 is 0 Å². The third kappa shape index (κ3) is 3.29. The summed E-state index contributed by atoms with van der Waals surface area (Å²) in [6.45, 7) is 1.94. The normalized spacial score (nSPS) is 20.3. The SMILES string of the molecule is COc1ccc2nc(C)cc(Oc3ccc4c(c3)CC[C@H]4C3SC(=O)NC3=O)c2c1. The summed E-state index contributed by atoms with van der Waals surface area (Å²) in [6, 6.07) is 13.6. The number of ether oxygens (including phenoxy) is 2. The molecule has 0 spiro atoms. The Morgan fingerprint density at radius 1 is 1.10 bits per heavy atom. The van der Waals surface area contributed by atoms with Crippen LogP contribution in [0.4, 0.5) is 4.79 Å². The van der Waals surface area contributed by atoms with Crippen LogP contribution in [-0.2, 0) is 11.2 Å². The Morgan fingerprint density at radius 3 is 2.70 bits per heavy atom. The first kappa shape index (κ1) is 18.9. The summed E-state index contributed by atoms with van der Waals surface area (Å²) in [5, 5.41) is 2.68. The predicted octanol–water partition coefficient (Wildman–Crippen LogP) is 4.73. The largest absolute Gasteiger partial charge is 0.497 e. The highest BCUT2D eigenvalue weighted by molar-refractivity contribution is 8.15. The Morgan fingerprint density at radius 2 is 1.93 bits per heavy atom. The van der Waals surface area contributed by atoms with Gasteiger partial charge in [-0.1, -0.05) is 17.8 Å². The average Bonchev–Trinajstić information content (AvgIpc) is 3.29. The summed E-state index contributed by atoms with van der Waals surface area (Å²) in [7, 11) is 1.64. The fourth-order valence-corrected chi connectivity index (χ4v) is 5.28. The molecule has 5 rings (SSSR count). The van der Waals surface area contributed by atoms with E-state index in [1.165, 1.54) is 0 Å². The molecule has 30 heavy (non-hydrogen) atoms. The molecule has 1 aliphatic heterocycles. The fraction of sp³-hybridized carbons (Fsp3) is 0.261. The van der Waals surface area contributed by atoms with E-state index in [1.807, 2.05) is 49.4 Å². The van der Waals surface area contributed by atoms with Gasteiger partial charge in [-0.15, -0.1) is 0 Å². The number of hydrogen-bond acceptors (Lipinski definition) is 6. The van der Waals surface area contributed by atoms with E-state index in [0.29, 0.717) is 0 Å². The van der Waals surface area contributed by atoms with E-state index in [4.69, 9.17) is 9.47 Å². The maximum atomic E-state index is 12.1. The zero-order valence-electron chi connectivity index (χ0n) is 16.6. The third-order valence-corrected chi connectivity index (χ3v) is 6.77. The molecule has 1 N–H and O–H groups in total. The van der Waals surface area contributed by atoms with E-state index in [0.717, 1.165) is 69.6 Å². The lowest BCUT2D eigenvalue weighted by Crippen LogP contribution is -2.27. The number of amides is 2. The molecule has 1 unspecified atom stereocenters. The summed E-state index contributed by atoms with van der Waals surface area (Å²) in [5.41, 5.74) is 4.01. The number of carbonyl (C=O) groups excluding carboxylic acids is 2. The van der Waals surface area contributed by atoms with Crippen molar-refractivity contribution >= 4 is 33.8 Å². The quantitative estimate of drug-likeness (QED) is 0.658. The summed E-state index contributed by atoms with van der Waals surface area (Å²) in [5.74, 6) is 2.08. The Labute approximate surface area is 178 Å². The number of rotatable bonds is 4. The van der Waals surface area contributed by atoms with Gasteiger partial charge in [0.2, 0.25) is 5.91 Å². The Balaban J connectivity index is 1.46. The van der Waals surface area contributed by atoms with Gasteiger partial charge in [-0.3, -0.25) is 19.9 Å². The molecule has 1 fully saturated rings. The molecule has 2 amide bonds. The van der Waals surface area contributed by atoms with Gasteiger partial charge in [0.05, 0.1) is 12.6 Å². The van der Waals surface area contributed by atoms with E-state index in [1.54, 1.807) is 7.11 Å². The molecule has 0 bridgehead atoms. The van der Waals surface area contributed by atoms with Crippen LogP contribution in [0.3, 0.4) is 0 Å². The molecule has 2 heterocycles. The monoisotopic (exact) mass is 420 g/mol. The van der Waals surface area contributed by atoms with Crippen molar-refractivity contribution in [2.75, 3.05) is 7.11 Å². The minimum absolute atomic E-state index is 0.0544. The second-order valence-corrected chi connectivity index (χ2v) is 8.68. The van der Waals surface area contributed by atoms with Gasteiger partial charge >= 0.3 is 0 Å². The minimum Gasteiger partial charge on any atom is -0.497 e. The smallest absolute Gasteiger partial charge is 0.286 e. The van der Waals surface area contributed by atoms with Crippen molar-refractivity contribution in [2.45, 2.75) is 30.9 Å². The van der Waals surface area contributed by atoms with Crippen molar-refractivity contribution in [1.29, 1.82) is 0 Å². The van der Waals surface area contributed by atoms with Crippen molar-refractivity contribution in [3.05, 3.63) is 59.3 Å². The summed E-state index contributed by atoms with van der Waals surface area (Å²) >= 11 is 1.10. The zero-order valence-corrected chi connectivity index (χ0v) is 17.4. The van der Waals surface area contributed by atoms with E-state index >= 15 is 0 Å². The number of carbonyl (C=O) groups is 2. The van der Waals surface area contributed by atoms with Gasteiger partial charge in [0.25, 0.3) is 5.24 Å². The summed E-state index contributed by atoms with van der Waals surface area (Å²) < 4.78 is 11.6. The Bertz CT molecular complexity index is 1190. The van der Waals surface area contributed by atoms with Crippen molar-refractivity contribution in [1.82, 2.24) is 10.3 Å². The van der Waals surface area contributed by atoms with Crippen LogP contribution in [0, 0.1) is 6.92 Å². The van der Waals surface area contributed by atoms with Crippen molar-refractivity contribution in [2.24, 2.45) is 0 Å². The molecule has 3 aromatic rings. The van der Waals surface area contributed by atoms with E-state index in [-0.39, 0.29) is 22.3 Å². The van der Waals surface area contributed by atoms with Crippen molar-refractivity contribution in [3.63, 3.8) is 0 Å². The molecule has 1 aromatic heterocycles. The lowest BCUT2D eigenvalue weighted by Gasteiger charge is -2.16. The van der Waals surface area contributed by atoms with E-state index in [9.17, 15) is 9.59 Å². The topological polar surface area (TPSA) is 77.5 Å². The number of imide groups is 1. The lowest BCUT2D eigenvalue weighted by atomic mass is 9.97. The Kier molecular flexibility index (Phi) is 4.62.